The number of thiol groups is 1. The predicted octanol–water partition coefficient (Wildman–Crippen LogP) is 1.37. The van der Waals surface area contributed by atoms with Crippen LogP contribution in [0.25, 0.3) is 0 Å². The standard InChI is InChI=1S/C7H8S.H2Se/c1-6-2-4-7(8)5-3-6;/h2-5,8H,1H3;1H2. The Hall–Kier alpha value is 0.0895. The van der Waals surface area contributed by atoms with E-state index in [0.717, 1.165) is 4.90 Å². The molecule has 50 valence electrons. The first-order chi connectivity index (χ1) is 3.79. The van der Waals surface area contributed by atoms with Gasteiger partial charge in [-0.25, -0.2) is 0 Å². The third kappa shape index (κ3) is 2.95. The molecule has 0 N–H and O–H groups in total. The van der Waals surface area contributed by atoms with Crippen molar-refractivity contribution >= 4 is 29.7 Å². The third-order valence-electron chi connectivity index (χ3n) is 1.03. The summed E-state index contributed by atoms with van der Waals surface area (Å²) >= 11 is 4.13. The zero-order chi connectivity index (χ0) is 5.98. The van der Waals surface area contributed by atoms with Crippen LogP contribution in [0.4, 0.5) is 0 Å². The minimum atomic E-state index is 0. The molecular formula is C7H10SSe. The van der Waals surface area contributed by atoms with E-state index in [2.05, 4.69) is 19.6 Å². The van der Waals surface area contributed by atoms with Crippen LogP contribution in [0.2, 0.25) is 0 Å². The van der Waals surface area contributed by atoms with E-state index in [0.29, 0.717) is 0 Å². The van der Waals surface area contributed by atoms with Crippen LogP contribution in [0, 0.1) is 6.92 Å². The number of hydrogen-bond donors (Lipinski definition) is 1. The summed E-state index contributed by atoms with van der Waals surface area (Å²) in [4.78, 5) is 1.02. The van der Waals surface area contributed by atoms with E-state index in [1.54, 1.807) is 0 Å². The molecule has 0 aliphatic carbocycles. The van der Waals surface area contributed by atoms with Crippen LogP contribution in [0.15, 0.2) is 29.2 Å². The second-order valence-electron chi connectivity index (χ2n) is 1.84. The third-order valence-corrected chi connectivity index (χ3v) is 1.33. The van der Waals surface area contributed by atoms with Crippen molar-refractivity contribution in [3.8, 4) is 0 Å². The van der Waals surface area contributed by atoms with E-state index in [-0.39, 0.29) is 17.1 Å². The van der Waals surface area contributed by atoms with Gasteiger partial charge in [-0.2, -0.15) is 0 Å². The summed E-state index contributed by atoms with van der Waals surface area (Å²) in [7, 11) is 0. The molecule has 0 saturated carbocycles. The summed E-state index contributed by atoms with van der Waals surface area (Å²) in [6.45, 7) is 2.06. The van der Waals surface area contributed by atoms with E-state index < -0.39 is 0 Å². The second-order valence-corrected chi connectivity index (χ2v) is 2.35. The number of aryl methyl sites for hydroxylation is 1. The topological polar surface area (TPSA) is 0 Å². The first kappa shape index (κ1) is 9.09. The zero-order valence-electron chi connectivity index (χ0n) is 5.26. The SMILES string of the molecule is Cc1ccc(S)cc1.[SeH2]. The Morgan fingerprint density at radius 1 is 1.11 bits per heavy atom. The van der Waals surface area contributed by atoms with Crippen molar-refractivity contribution in [1.82, 2.24) is 0 Å². The Balaban J connectivity index is 0.000000640. The summed E-state index contributed by atoms with van der Waals surface area (Å²) in [5.41, 5.74) is 1.28. The first-order valence-electron chi connectivity index (χ1n) is 2.54. The molecule has 0 aromatic heterocycles. The molecule has 0 radical (unpaired) electrons. The molecule has 1 aromatic carbocycles. The molecule has 1 aromatic rings. The quantitative estimate of drug-likeness (QED) is 0.480. The molecule has 2 heteroatoms. The molecule has 0 amide bonds. The van der Waals surface area contributed by atoms with E-state index in [4.69, 9.17) is 0 Å². The Bertz CT molecular complexity index is 148. The molecule has 0 nitrogen and oxygen atoms in total. The van der Waals surface area contributed by atoms with Gasteiger partial charge in [0.25, 0.3) is 0 Å². The van der Waals surface area contributed by atoms with Crippen molar-refractivity contribution < 1.29 is 0 Å². The normalized spacial score (nSPS) is 8.22. The second kappa shape index (κ2) is 3.99. The molecule has 0 atom stereocenters. The summed E-state index contributed by atoms with van der Waals surface area (Å²) in [6.07, 6.45) is 0. The number of benzene rings is 1. The summed E-state index contributed by atoms with van der Waals surface area (Å²) < 4.78 is 0. The van der Waals surface area contributed by atoms with Crippen LogP contribution < -0.4 is 0 Å². The van der Waals surface area contributed by atoms with Crippen molar-refractivity contribution in [2.75, 3.05) is 0 Å². The van der Waals surface area contributed by atoms with Gasteiger partial charge in [-0.05, 0) is 19.1 Å². The van der Waals surface area contributed by atoms with Crippen molar-refractivity contribution in [3.63, 3.8) is 0 Å². The average molecular weight is 205 g/mol. The molecule has 9 heavy (non-hydrogen) atoms. The van der Waals surface area contributed by atoms with Crippen LogP contribution in [0.5, 0.6) is 0 Å². The molecular weight excluding hydrogens is 195 g/mol. The van der Waals surface area contributed by atoms with Crippen LogP contribution in [0.3, 0.4) is 0 Å². The number of rotatable bonds is 0. The molecule has 0 bridgehead atoms. The van der Waals surface area contributed by atoms with E-state index >= 15 is 0 Å². The van der Waals surface area contributed by atoms with Crippen molar-refractivity contribution in [1.29, 1.82) is 0 Å². The van der Waals surface area contributed by atoms with Crippen LogP contribution in [-0.2, 0) is 0 Å². The maximum atomic E-state index is 4.13. The molecule has 1 rings (SSSR count). The Kier molecular flexibility index (Phi) is 4.03. The summed E-state index contributed by atoms with van der Waals surface area (Å²) in [5.74, 6) is 0. The first-order valence-corrected chi connectivity index (χ1v) is 2.99. The fourth-order valence-corrected chi connectivity index (χ4v) is 0.694. The molecule has 0 aliphatic rings. The van der Waals surface area contributed by atoms with Gasteiger partial charge < -0.3 is 0 Å². The van der Waals surface area contributed by atoms with Gasteiger partial charge in [-0.1, -0.05) is 17.7 Å². The monoisotopic (exact) mass is 206 g/mol. The minimum absolute atomic E-state index is 0. The molecule has 0 saturated heterocycles. The maximum absolute atomic E-state index is 4.13. The van der Waals surface area contributed by atoms with Gasteiger partial charge in [0.05, 0.1) is 0 Å². The van der Waals surface area contributed by atoms with Crippen LogP contribution in [0.1, 0.15) is 5.56 Å². The Morgan fingerprint density at radius 2 is 1.56 bits per heavy atom. The van der Waals surface area contributed by atoms with E-state index in [1.807, 2.05) is 24.3 Å². The molecule has 0 fully saturated rings. The fraction of sp³-hybridized carbons (Fsp3) is 0.143. The zero-order valence-corrected chi connectivity index (χ0v) is 8.25. The van der Waals surface area contributed by atoms with E-state index in [1.165, 1.54) is 5.56 Å². The molecule has 0 aliphatic heterocycles. The molecule has 0 unspecified atom stereocenters. The van der Waals surface area contributed by atoms with Gasteiger partial charge in [0.15, 0.2) is 0 Å². The number of hydrogen-bond acceptors (Lipinski definition) is 1. The van der Waals surface area contributed by atoms with Gasteiger partial charge in [-0.15, -0.1) is 12.6 Å². The van der Waals surface area contributed by atoms with Gasteiger partial charge >= 0.3 is 17.1 Å². The van der Waals surface area contributed by atoms with Gasteiger partial charge in [0.2, 0.25) is 0 Å². The molecule has 0 heterocycles. The van der Waals surface area contributed by atoms with Gasteiger partial charge in [0.1, 0.15) is 0 Å². The van der Waals surface area contributed by atoms with Crippen molar-refractivity contribution in [3.05, 3.63) is 29.8 Å². The summed E-state index contributed by atoms with van der Waals surface area (Å²) in [5, 5.41) is 0. The summed E-state index contributed by atoms with van der Waals surface area (Å²) in [6, 6.07) is 8.06. The Labute approximate surface area is 71.5 Å². The Morgan fingerprint density at radius 3 is 1.89 bits per heavy atom. The van der Waals surface area contributed by atoms with Crippen molar-refractivity contribution in [2.24, 2.45) is 0 Å². The van der Waals surface area contributed by atoms with Gasteiger partial charge in [0, 0.05) is 4.90 Å². The van der Waals surface area contributed by atoms with Crippen molar-refractivity contribution in [2.45, 2.75) is 11.8 Å². The van der Waals surface area contributed by atoms with Crippen LogP contribution >= 0.6 is 12.6 Å². The van der Waals surface area contributed by atoms with Gasteiger partial charge in [-0.3, -0.25) is 0 Å². The van der Waals surface area contributed by atoms with Crippen LogP contribution in [-0.4, -0.2) is 17.1 Å². The van der Waals surface area contributed by atoms with E-state index in [9.17, 15) is 0 Å². The predicted molar refractivity (Wildman–Crippen MR) is 47.0 cm³/mol. The fourth-order valence-electron chi connectivity index (χ4n) is 0.545. The molecule has 0 spiro atoms. The average Bonchev–Trinajstić information content (AvgIpc) is 1.77.